The summed E-state index contributed by atoms with van der Waals surface area (Å²) >= 11 is 0. The fourth-order valence-corrected chi connectivity index (χ4v) is 1.99. The van der Waals surface area contributed by atoms with Crippen LogP contribution in [0.2, 0.25) is 0 Å². The lowest BCUT2D eigenvalue weighted by Crippen LogP contribution is -2.17. The monoisotopic (exact) mass is 262 g/mol. The highest BCUT2D eigenvalue weighted by Gasteiger charge is 2.33. The van der Waals surface area contributed by atoms with Crippen molar-refractivity contribution in [2.24, 2.45) is 0 Å². The van der Waals surface area contributed by atoms with Gasteiger partial charge in [0.05, 0.1) is 24.1 Å². The number of hydrogen-bond acceptors (Lipinski definition) is 4. The Kier molecular flexibility index (Phi) is 3.45. The van der Waals surface area contributed by atoms with Gasteiger partial charge in [-0.3, -0.25) is 0 Å². The van der Waals surface area contributed by atoms with E-state index in [1.807, 2.05) is 0 Å². The van der Waals surface area contributed by atoms with Gasteiger partial charge in [0.25, 0.3) is 0 Å². The van der Waals surface area contributed by atoms with Gasteiger partial charge in [-0.15, -0.1) is 0 Å². The molecule has 1 aromatic rings. The second-order valence-electron chi connectivity index (χ2n) is 4.38. The smallest absolute Gasteiger partial charge is 0.390 e. The van der Waals surface area contributed by atoms with Gasteiger partial charge in [0, 0.05) is 6.04 Å². The van der Waals surface area contributed by atoms with E-state index in [1.54, 1.807) is 0 Å². The quantitative estimate of drug-likeness (QED) is 0.753. The molecule has 1 aromatic heterocycles. The van der Waals surface area contributed by atoms with Crippen LogP contribution in [0, 0.1) is 0 Å². The van der Waals surface area contributed by atoms with E-state index >= 15 is 0 Å². The number of halogens is 3. The van der Waals surface area contributed by atoms with Gasteiger partial charge in [0.15, 0.2) is 0 Å². The summed E-state index contributed by atoms with van der Waals surface area (Å²) in [4.78, 5) is 3.32. The first-order valence-corrected chi connectivity index (χ1v) is 5.52. The van der Waals surface area contributed by atoms with E-state index in [9.17, 15) is 23.4 Å². The van der Waals surface area contributed by atoms with Crippen LogP contribution in [0.5, 0.6) is 0 Å². The summed E-state index contributed by atoms with van der Waals surface area (Å²) < 4.78 is 36.8. The van der Waals surface area contributed by atoms with Gasteiger partial charge in [-0.25, -0.2) is 4.98 Å². The van der Waals surface area contributed by atoms with Crippen molar-refractivity contribution in [1.29, 1.82) is 0 Å². The predicted molar refractivity (Wildman–Crippen MR) is 57.9 cm³/mol. The van der Waals surface area contributed by atoms with Gasteiger partial charge in [-0.05, 0) is 25.0 Å². The zero-order valence-corrected chi connectivity index (χ0v) is 9.35. The maximum atomic E-state index is 12.3. The normalized spacial score (nSPS) is 28.4. The lowest BCUT2D eigenvalue weighted by molar-refractivity contribution is -0.141. The lowest BCUT2D eigenvalue weighted by atomic mass is 10.2. The van der Waals surface area contributed by atoms with Crippen LogP contribution >= 0.6 is 0 Å². The van der Waals surface area contributed by atoms with Crippen molar-refractivity contribution in [3.8, 4) is 0 Å². The number of alkyl halides is 3. The maximum absolute atomic E-state index is 12.3. The number of aliphatic hydroxyl groups is 2. The van der Waals surface area contributed by atoms with E-state index in [2.05, 4.69) is 10.3 Å². The Labute approximate surface area is 101 Å². The molecular weight excluding hydrogens is 249 g/mol. The molecule has 0 amide bonds. The molecule has 1 unspecified atom stereocenters. The molecule has 1 aliphatic rings. The first kappa shape index (κ1) is 13.1. The van der Waals surface area contributed by atoms with Crippen LogP contribution in [0.25, 0.3) is 0 Å². The van der Waals surface area contributed by atoms with Gasteiger partial charge in [-0.1, -0.05) is 0 Å². The van der Waals surface area contributed by atoms with Crippen LogP contribution < -0.4 is 5.32 Å². The second kappa shape index (κ2) is 4.74. The summed E-state index contributed by atoms with van der Waals surface area (Å²) in [6, 6.07) is 2.02. The molecule has 1 fully saturated rings. The topological polar surface area (TPSA) is 65.4 Å². The zero-order valence-electron chi connectivity index (χ0n) is 9.35. The molecule has 100 valence electrons. The molecule has 0 aliphatic heterocycles. The summed E-state index contributed by atoms with van der Waals surface area (Å²) in [5.41, 5.74) is -0.506. The largest absolute Gasteiger partial charge is 0.433 e. The number of aliphatic hydroxyl groups excluding tert-OH is 2. The first-order chi connectivity index (χ1) is 8.36. The molecule has 1 aliphatic carbocycles. The number of nitrogens with zero attached hydrogens (tertiary/aromatic N) is 1. The highest BCUT2D eigenvalue weighted by Crippen LogP contribution is 2.28. The third-order valence-electron chi connectivity index (χ3n) is 2.92. The summed E-state index contributed by atoms with van der Waals surface area (Å²) in [5, 5.41) is 21.6. The van der Waals surface area contributed by atoms with Gasteiger partial charge < -0.3 is 15.5 Å². The van der Waals surface area contributed by atoms with Crippen LogP contribution in [-0.2, 0) is 6.18 Å². The van der Waals surface area contributed by atoms with Gasteiger partial charge in [-0.2, -0.15) is 13.2 Å². The standard InChI is InChI=1S/C11H13F3N2O2/c12-11(13,14)10-2-1-6(5-15-10)16-7-3-8(17)9(18)4-7/h1-2,5,7-9,16-18H,3-4H2/t7?,8-,9+. The highest BCUT2D eigenvalue weighted by molar-refractivity contribution is 5.42. The third-order valence-corrected chi connectivity index (χ3v) is 2.92. The minimum atomic E-state index is -4.45. The molecule has 1 heterocycles. The molecule has 1 saturated carbocycles. The lowest BCUT2D eigenvalue weighted by Gasteiger charge is -2.13. The van der Waals surface area contributed by atoms with Crippen LogP contribution in [0.4, 0.5) is 18.9 Å². The SMILES string of the molecule is O[C@@H]1CC(Nc2ccc(C(F)(F)F)nc2)C[C@@H]1O. The molecule has 0 aromatic carbocycles. The summed E-state index contributed by atoms with van der Waals surface area (Å²) in [7, 11) is 0. The van der Waals surface area contributed by atoms with Crippen molar-refractivity contribution in [2.75, 3.05) is 5.32 Å². The number of rotatable bonds is 2. The van der Waals surface area contributed by atoms with Crippen LogP contribution in [-0.4, -0.2) is 33.4 Å². The van der Waals surface area contributed by atoms with Crippen molar-refractivity contribution in [2.45, 2.75) is 37.3 Å². The Morgan fingerprint density at radius 3 is 2.22 bits per heavy atom. The van der Waals surface area contributed by atoms with Crippen molar-refractivity contribution in [3.63, 3.8) is 0 Å². The molecular formula is C11H13F3N2O2. The Balaban J connectivity index is 1.99. The molecule has 0 bridgehead atoms. The van der Waals surface area contributed by atoms with Crippen molar-refractivity contribution >= 4 is 5.69 Å². The number of anilines is 1. The van der Waals surface area contributed by atoms with Gasteiger partial charge in [0.1, 0.15) is 5.69 Å². The fourth-order valence-electron chi connectivity index (χ4n) is 1.99. The third kappa shape index (κ3) is 2.91. The van der Waals surface area contributed by atoms with Crippen molar-refractivity contribution < 1.29 is 23.4 Å². The Hall–Kier alpha value is -1.34. The van der Waals surface area contributed by atoms with Crippen LogP contribution in [0.3, 0.4) is 0 Å². The molecule has 18 heavy (non-hydrogen) atoms. The van der Waals surface area contributed by atoms with Crippen molar-refractivity contribution in [3.05, 3.63) is 24.0 Å². The van der Waals surface area contributed by atoms with E-state index in [0.29, 0.717) is 18.5 Å². The zero-order chi connectivity index (χ0) is 13.3. The fraction of sp³-hybridized carbons (Fsp3) is 0.545. The molecule has 0 radical (unpaired) electrons. The molecule has 0 saturated heterocycles. The Morgan fingerprint density at radius 2 is 1.78 bits per heavy atom. The average molecular weight is 262 g/mol. The molecule has 3 N–H and O–H groups in total. The van der Waals surface area contributed by atoms with E-state index in [4.69, 9.17) is 0 Å². The molecule has 2 rings (SSSR count). The molecule has 3 atom stereocenters. The Morgan fingerprint density at radius 1 is 1.17 bits per heavy atom. The van der Waals surface area contributed by atoms with E-state index in [0.717, 1.165) is 12.3 Å². The number of pyridine rings is 1. The first-order valence-electron chi connectivity index (χ1n) is 5.52. The van der Waals surface area contributed by atoms with E-state index < -0.39 is 24.1 Å². The summed E-state index contributed by atoms with van der Waals surface area (Å²) in [6.45, 7) is 0. The van der Waals surface area contributed by atoms with Gasteiger partial charge >= 0.3 is 6.18 Å². The van der Waals surface area contributed by atoms with Crippen LogP contribution in [0.1, 0.15) is 18.5 Å². The second-order valence-corrected chi connectivity index (χ2v) is 4.38. The molecule has 4 nitrogen and oxygen atoms in total. The predicted octanol–water partition coefficient (Wildman–Crippen LogP) is 1.40. The highest BCUT2D eigenvalue weighted by atomic mass is 19.4. The average Bonchev–Trinajstić information content (AvgIpc) is 2.57. The van der Waals surface area contributed by atoms with E-state index in [1.165, 1.54) is 6.07 Å². The minimum absolute atomic E-state index is 0.159. The number of aromatic nitrogens is 1. The summed E-state index contributed by atoms with van der Waals surface area (Å²) in [5.74, 6) is 0. The minimum Gasteiger partial charge on any atom is -0.390 e. The van der Waals surface area contributed by atoms with Gasteiger partial charge in [0.2, 0.25) is 0 Å². The van der Waals surface area contributed by atoms with Crippen molar-refractivity contribution in [1.82, 2.24) is 4.98 Å². The number of nitrogens with one attached hydrogen (secondary N) is 1. The molecule has 0 spiro atoms. The maximum Gasteiger partial charge on any atom is 0.433 e. The Bertz CT molecular complexity index is 398. The van der Waals surface area contributed by atoms with Crippen LogP contribution in [0.15, 0.2) is 18.3 Å². The molecule has 7 heteroatoms. The van der Waals surface area contributed by atoms with E-state index in [-0.39, 0.29) is 6.04 Å². The number of hydrogen-bond donors (Lipinski definition) is 3. The summed E-state index contributed by atoms with van der Waals surface area (Å²) in [6.07, 6.45) is -4.20.